The van der Waals surface area contributed by atoms with E-state index in [1.165, 1.54) is 23.1 Å². The Balaban J connectivity index is 2.30. The van der Waals surface area contributed by atoms with Crippen molar-refractivity contribution in [1.29, 1.82) is 0 Å². The van der Waals surface area contributed by atoms with E-state index in [0.717, 1.165) is 0 Å². The van der Waals surface area contributed by atoms with Gasteiger partial charge in [0.15, 0.2) is 0 Å². The number of benzene rings is 1. The average molecular weight is 360 g/mol. The lowest BCUT2D eigenvalue weighted by Crippen LogP contribution is -2.46. The smallest absolute Gasteiger partial charge is 0.311 e. The Morgan fingerprint density at radius 2 is 2.19 bits per heavy atom. The molecule has 1 aromatic rings. The van der Waals surface area contributed by atoms with Crippen molar-refractivity contribution in [2.24, 2.45) is 5.92 Å². The van der Waals surface area contributed by atoms with Gasteiger partial charge >= 0.3 is 5.97 Å². The molecule has 2 rings (SSSR count). The van der Waals surface area contributed by atoms with E-state index in [2.05, 4.69) is 15.9 Å². The molecule has 1 amide bonds. The fourth-order valence-electron chi connectivity index (χ4n) is 2.43. The van der Waals surface area contributed by atoms with Gasteiger partial charge in [-0.1, -0.05) is 15.9 Å². The molecule has 2 unspecified atom stereocenters. The van der Waals surface area contributed by atoms with Crippen LogP contribution in [0.3, 0.4) is 0 Å². The maximum absolute atomic E-state index is 13.8. The van der Waals surface area contributed by atoms with E-state index in [-0.39, 0.29) is 25.3 Å². The van der Waals surface area contributed by atoms with E-state index in [9.17, 15) is 19.1 Å². The van der Waals surface area contributed by atoms with Gasteiger partial charge in [0.1, 0.15) is 11.7 Å². The van der Waals surface area contributed by atoms with Crippen LogP contribution in [0.25, 0.3) is 0 Å². The molecular weight excluding hydrogens is 345 g/mol. The van der Waals surface area contributed by atoms with Gasteiger partial charge in [-0.3, -0.25) is 9.59 Å². The molecule has 1 saturated heterocycles. The maximum Gasteiger partial charge on any atom is 0.311 e. The number of carbonyl (C=O) groups excluding carboxylic acids is 1. The summed E-state index contributed by atoms with van der Waals surface area (Å²) in [6, 6.07) is 3.51. The molecule has 2 atom stereocenters. The Hall–Kier alpha value is -1.47. The van der Waals surface area contributed by atoms with E-state index >= 15 is 0 Å². The summed E-state index contributed by atoms with van der Waals surface area (Å²) in [7, 11) is 0. The van der Waals surface area contributed by atoms with Crippen molar-refractivity contribution in [1.82, 2.24) is 4.90 Å². The second-order valence-corrected chi connectivity index (χ2v) is 5.68. The quantitative estimate of drug-likeness (QED) is 0.894. The first-order valence-corrected chi connectivity index (χ1v) is 7.31. The summed E-state index contributed by atoms with van der Waals surface area (Å²) in [5.74, 6) is -2.96. The van der Waals surface area contributed by atoms with Crippen LogP contribution in [0.1, 0.15) is 17.3 Å². The SMILES string of the molecule is CCN(C(=O)c1cc(Br)ccc1F)C1COCC1C(=O)O. The van der Waals surface area contributed by atoms with Crippen LogP contribution in [-0.2, 0) is 9.53 Å². The lowest BCUT2D eigenvalue weighted by Gasteiger charge is -2.29. The van der Waals surface area contributed by atoms with E-state index in [0.29, 0.717) is 4.47 Å². The van der Waals surface area contributed by atoms with Gasteiger partial charge in [0, 0.05) is 11.0 Å². The van der Waals surface area contributed by atoms with Gasteiger partial charge in [0.25, 0.3) is 5.91 Å². The van der Waals surface area contributed by atoms with Crippen LogP contribution in [-0.4, -0.2) is 47.7 Å². The number of halogens is 2. The van der Waals surface area contributed by atoms with Crippen molar-refractivity contribution in [2.75, 3.05) is 19.8 Å². The molecule has 1 aliphatic heterocycles. The summed E-state index contributed by atoms with van der Waals surface area (Å²) in [5.41, 5.74) is -0.0812. The number of likely N-dealkylation sites (N-methyl/N-ethyl adjacent to an activating group) is 1. The van der Waals surface area contributed by atoms with Crippen LogP contribution in [0.15, 0.2) is 22.7 Å². The summed E-state index contributed by atoms with van der Waals surface area (Å²) >= 11 is 3.20. The molecule has 0 saturated carbocycles. The highest BCUT2D eigenvalue weighted by atomic mass is 79.9. The van der Waals surface area contributed by atoms with Crippen LogP contribution in [0.5, 0.6) is 0 Å². The van der Waals surface area contributed by atoms with Crippen LogP contribution in [0, 0.1) is 11.7 Å². The molecular formula is C14H15BrFNO4. The second kappa shape index (κ2) is 6.53. The predicted octanol–water partition coefficient (Wildman–Crippen LogP) is 2.15. The van der Waals surface area contributed by atoms with Gasteiger partial charge in [-0.2, -0.15) is 0 Å². The van der Waals surface area contributed by atoms with Crippen LogP contribution in [0.4, 0.5) is 4.39 Å². The largest absolute Gasteiger partial charge is 0.481 e. The minimum Gasteiger partial charge on any atom is -0.481 e. The monoisotopic (exact) mass is 359 g/mol. The first-order valence-electron chi connectivity index (χ1n) is 6.52. The fourth-order valence-corrected chi connectivity index (χ4v) is 2.79. The maximum atomic E-state index is 13.8. The zero-order valence-electron chi connectivity index (χ0n) is 11.4. The number of aliphatic carboxylic acids is 1. The molecule has 1 heterocycles. The molecule has 1 aliphatic rings. The molecule has 7 heteroatoms. The van der Waals surface area contributed by atoms with Crippen LogP contribution < -0.4 is 0 Å². The van der Waals surface area contributed by atoms with Crippen molar-refractivity contribution < 1.29 is 23.8 Å². The molecule has 1 fully saturated rings. The Morgan fingerprint density at radius 1 is 1.48 bits per heavy atom. The zero-order chi connectivity index (χ0) is 15.6. The first kappa shape index (κ1) is 15.9. The minimum absolute atomic E-state index is 0.0603. The highest BCUT2D eigenvalue weighted by molar-refractivity contribution is 9.10. The Kier molecular flexibility index (Phi) is 4.95. The second-order valence-electron chi connectivity index (χ2n) is 4.76. The highest BCUT2D eigenvalue weighted by Crippen LogP contribution is 2.24. The third-order valence-corrected chi connectivity index (χ3v) is 4.02. The number of rotatable bonds is 4. The number of hydrogen-bond acceptors (Lipinski definition) is 3. The molecule has 0 spiro atoms. The van der Waals surface area contributed by atoms with Crippen LogP contribution in [0.2, 0.25) is 0 Å². The standard InChI is InChI=1S/C14H15BrFNO4/c1-2-17(12-7-21-6-10(12)14(19)20)13(18)9-5-8(15)3-4-11(9)16/h3-5,10,12H,2,6-7H2,1H3,(H,19,20). The molecule has 5 nitrogen and oxygen atoms in total. The lowest BCUT2D eigenvalue weighted by molar-refractivity contribution is -0.142. The number of nitrogens with zero attached hydrogens (tertiary/aromatic N) is 1. The summed E-state index contributed by atoms with van der Waals surface area (Å²) in [5, 5.41) is 9.18. The Bertz CT molecular complexity index is 566. The van der Waals surface area contributed by atoms with E-state index in [1.807, 2.05) is 0 Å². The Labute approximate surface area is 129 Å². The Morgan fingerprint density at radius 3 is 2.81 bits per heavy atom. The van der Waals surface area contributed by atoms with Gasteiger partial charge in [0.05, 0.1) is 24.8 Å². The van der Waals surface area contributed by atoms with Gasteiger partial charge in [-0.15, -0.1) is 0 Å². The van der Waals surface area contributed by atoms with Gasteiger partial charge < -0.3 is 14.7 Å². The number of carboxylic acid groups (broad SMARTS) is 1. The van der Waals surface area contributed by atoms with Gasteiger partial charge in [-0.05, 0) is 25.1 Å². The third kappa shape index (κ3) is 3.24. The van der Waals surface area contributed by atoms with Crippen molar-refractivity contribution in [3.8, 4) is 0 Å². The van der Waals surface area contributed by atoms with E-state index < -0.39 is 29.7 Å². The number of carbonyl (C=O) groups is 2. The summed E-state index contributed by atoms with van der Waals surface area (Å²) in [4.78, 5) is 25.1. The molecule has 1 aromatic carbocycles. The van der Waals surface area contributed by atoms with Crippen molar-refractivity contribution in [3.05, 3.63) is 34.1 Å². The van der Waals surface area contributed by atoms with Crippen LogP contribution >= 0.6 is 15.9 Å². The van der Waals surface area contributed by atoms with E-state index in [1.54, 1.807) is 6.92 Å². The molecule has 0 aromatic heterocycles. The highest BCUT2D eigenvalue weighted by Gasteiger charge is 2.40. The van der Waals surface area contributed by atoms with Crippen molar-refractivity contribution >= 4 is 27.8 Å². The molecule has 114 valence electrons. The number of carboxylic acids is 1. The average Bonchev–Trinajstić information content (AvgIpc) is 2.91. The number of amides is 1. The minimum atomic E-state index is -1.02. The molecule has 1 N–H and O–H groups in total. The van der Waals surface area contributed by atoms with Gasteiger partial charge in [-0.25, -0.2) is 4.39 Å². The number of hydrogen-bond donors (Lipinski definition) is 1. The first-order chi connectivity index (χ1) is 9.95. The zero-order valence-corrected chi connectivity index (χ0v) is 13.0. The fraction of sp³-hybridized carbons (Fsp3) is 0.429. The van der Waals surface area contributed by atoms with Crippen molar-refractivity contribution in [2.45, 2.75) is 13.0 Å². The lowest BCUT2D eigenvalue weighted by atomic mass is 10.0. The molecule has 0 aliphatic carbocycles. The summed E-state index contributed by atoms with van der Waals surface area (Å²) in [6.07, 6.45) is 0. The van der Waals surface area contributed by atoms with Gasteiger partial charge in [0.2, 0.25) is 0 Å². The normalized spacial score (nSPS) is 21.3. The summed E-state index contributed by atoms with van der Waals surface area (Å²) < 4.78 is 19.6. The predicted molar refractivity (Wildman–Crippen MR) is 76.5 cm³/mol. The topological polar surface area (TPSA) is 66.8 Å². The third-order valence-electron chi connectivity index (χ3n) is 3.53. The molecule has 0 radical (unpaired) electrons. The molecule has 0 bridgehead atoms. The van der Waals surface area contributed by atoms with Crippen molar-refractivity contribution in [3.63, 3.8) is 0 Å². The van der Waals surface area contributed by atoms with E-state index in [4.69, 9.17) is 4.74 Å². The molecule has 21 heavy (non-hydrogen) atoms. The summed E-state index contributed by atoms with van der Waals surface area (Å²) in [6.45, 7) is 2.21. The number of ether oxygens (including phenoxy) is 1.